The highest BCUT2D eigenvalue weighted by Gasteiger charge is 2.20. The standard InChI is InChI=1S/C13H16N2O4/c16-7-11(13(18)19)15-12(17)9-3-4-10-8(6-9)2-1-5-14-10/h3-4,6,11,14,16H,1-2,5,7H2,(H,15,17)(H,18,19)/t11-/m1/s1. The van der Waals surface area contributed by atoms with Crippen LogP contribution in [0.25, 0.3) is 0 Å². The van der Waals surface area contributed by atoms with Crippen LogP contribution < -0.4 is 10.6 Å². The highest BCUT2D eigenvalue weighted by molar-refractivity contribution is 5.97. The van der Waals surface area contributed by atoms with Gasteiger partial charge in [0, 0.05) is 17.8 Å². The molecule has 6 heteroatoms. The molecule has 0 saturated heterocycles. The molecule has 1 atom stereocenters. The molecule has 0 spiro atoms. The van der Waals surface area contributed by atoms with Gasteiger partial charge in [-0.3, -0.25) is 4.79 Å². The van der Waals surface area contributed by atoms with Crippen molar-refractivity contribution in [1.29, 1.82) is 0 Å². The highest BCUT2D eigenvalue weighted by atomic mass is 16.4. The molecule has 0 aliphatic carbocycles. The van der Waals surface area contributed by atoms with Crippen LogP contribution >= 0.6 is 0 Å². The Morgan fingerprint density at radius 1 is 1.42 bits per heavy atom. The van der Waals surface area contributed by atoms with Crippen LogP contribution in [0.1, 0.15) is 22.3 Å². The van der Waals surface area contributed by atoms with E-state index in [9.17, 15) is 9.59 Å². The average molecular weight is 264 g/mol. The smallest absolute Gasteiger partial charge is 0.328 e. The van der Waals surface area contributed by atoms with Crippen molar-refractivity contribution in [3.05, 3.63) is 29.3 Å². The number of carbonyl (C=O) groups is 2. The van der Waals surface area contributed by atoms with Crippen LogP contribution in [0.2, 0.25) is 0 Å². The third kappa shape index (κ3) is 3.03. The first kappa shape index (κ1) is 13.4. The Bertz CT molecular complexity index is 501. The summed E-state index contributed by atoms with van der Waals surface area (Å²) in [7, 11) is 0. The summed E-state index contributed by atoms with van der Waals surface area (Å²) in [5, 5.41) is 23.2. The van der Waals surface area contributed by atoms with E-state index in [0.29, 0.717) is 5.56 Å². The van der Waals surface area contributed by atoms with E-state index in [1.807, 2.05) is 6.07 Å². The van der Waals surface area contributed by atoms with Crippen molar-refractivity contribution in [2.45, 2.75) is 18.9 Å². The van der Waals surface area contributed by atoms with Crippen molar-refractivity contribution in [2.24, 2.45) is 0 Å². The number of aliphatic hydroxyl groups is 1. The Balaban J connectivity index is 2.13. The Morgan fingerprint density at radius 2 is 2.21 bits per heavy atom. The molecule has 0 unspecified atom stereocenters. The SMILES string of the molecule is O=C(N[C@H](CO)C(=O)O)c1ccc2c(c1)CCCN2. The average Bonchev–Trinajstić information content (AvgIpc) is 2.43. The van der Waals surface area contributed by atoms with Crippen LogP contribution in [0, 0.1) is 0 Å². The molecule has 6 nitrogen and oxygen atoms in total. The topological polar surface area (TPSA) is 98.7 Å². The highest BCUT2D eigenvalue weighted by Crippen LogP contribution is 2.22. The minimum atomic E-state index is -1.28. The summed E-state index contributed by atoms with van der Waals surface area (Å²) in [4.78, 5) is 22.6. The zero-order chi connectivity index (χ0) is 13.8. The predicted octanol–water partition coefficient (Wildman–Crippen LogP) is 0.220. The minimum absolute atomic E-state index is 0.405. The number of benzene rings is 1. The van der Waals surface area contributed by atoms with Crippen molar-refractivity contribution in [1.82, 2.24) is 5.32 Å². The van der Waals surface area contributed by atoms with Crippen LogP contribution in [-0.4, -0.2) is 41.3 Å². The summed E-state index contributed by atoms with van der Waals surface area (Å²) in [5.74, 6) is -1.75. The van der Waals surface area contributed by atoms with Gasteiger partial charge < -0.3 is 20.8 Å². The van der Waals surface area contributed by atoms with Crippen LogP contribution in [0.4, 0.5) is 5.69 Å². The van der Waals surface area contributed by atoms with E-state index in [1.165, 1.54) is 0 Å². The zero-order valence-corrected chi connectivity index (χ0v) is 10.3. The zero-order valence-electron chi connectivity index (χ0n) is 10.3. The Hall–Kier alpha value is -2.08. The monoisotopic (exact) mass is 264 g/mol. The van der Waals surface area contributed by atoms with Crippen LogP contribution in [0.15, 0.2) is 18.2 Å². The molecule has 0 radical (unpaired) electrons. The molecule has 1 aromatic carbocycles. The number of anilines is 1. The van der Waals surface area contributed by atoms with Gasteiger partial charge in [0.2, 0.25) is 0 Å². The van der Waals surface area contributed by atoms with Gasteiger partial charge in [0.1, 0.15) is 0 Å². The number of hydrogen-bond acceptors (Lipinski definition) is 4. The van der Waals surface area contributed by atoms with Gasteiger partial charge in [0.25, 0.3) is 5.91 Å². The molecule has 4 N–H and O–H groups in total. The number of nitrogens with one attached hydrogen (secondary N) is 2. The largest absolute Gasteiger partial charge is 0.480 e. The molecular weight excluding hydrogens is 248 g/mol. The second kappa shape index (κ2) is 5.71. The normalized spacial score (nSPS) is 15.0. The number of aliphatic carboxylic acids is 1. The number of carboxylic acid groups (broad SMARTS) is 1. The Kier molecular flexibility index (Phi) is 4.01. The van der Waals surface area contributed by atoms with E-state index in [2.05, 4.69) is 10.6 Å². The van der Waals surface area contributed by atoms with Crippen LogP contribution in [-0.2, 0) is 11.2 Å². The summed E-state index contributed by atoms with van der Waals surface area (Å²) < 4.78 is 0. The Morgan fingerprint density at radius 3 is 2.89 bits per heavy atom. The summed E-state index contributed by atoms with van der Waals surface area (Å²) >= 11 is 0. The van der Waals surface area contributed by atoms with Crippen molar-refractivity contribution in [3.63, 3.8) is 0 Å². The maximum absolute atomic E-state index is 11.9. The summed E-state index contributed by atoms with van der Waals surface area (Å²) in [5.41, 5.74) is 2.47. The number of aliphatic hydroxyl groups excluding tert-OH is 1. The summed E-state index contributed by atoms with van der Waals surface area (Å²) in [6.07, 6.45) is 1.90. The first-order valence-electron chi connectivity index (χ1n) is 6.13. The summed E-state index contributed by atoms with van der Waals surface area (Å²) in [6, 6.07) is 3.94. The molecule has 19 heavy (non-hydrogen) atoms. The van der Waals surface area contributed by atoms with Gasteiger partial charge in [-0.2, -0.15) is 0 Å². The van der Waals surface area contributed by atoms with Gasteiger partial charge in [-0.25, -0.2) is 4.79 Å². The molecule has 102 valence electrons. The molecule has 1 heterocycles. The van der Waals surface area contributed by atoms with E-state index < -0.39 is 24.5 Å². The van der Waals surface area contributed by atoms with Crippen molar-refractivity contribution in [2.75, 3.05) is 18.5 Å². The minimum Gasteiger partial charge on any atom is -0.480 e. The lowest BCUT2D eigenvalue weighted by Crippen LogP contribution is -2.43. The molecule has 0 fully saturated rings. The van der Waals surface area contributed by atoms with Gasteiger partial charge >= 0.3 is 5.97 Å². The molecule has 0 bridgehead atoms. The van der Waals surface area contributed by atoms with E-state index >= 15 is 0 Å². The summed E-state index contributed by atoms with van der Waals surface area (Å²) in [6.45, 7) is 0.289. The lowest BCUT2D eigenvalue weighted by Gasteiger charge is -2.19. The lowest BCUT2D eigenvalue weighted by molar-refractivity contribution is -0.140. The number of carboxylic acids is 1. The van der Waals surface area contributed by atoms with E-state index in [-0.39, 0.29) is 0 Å². The van der Waals surface area contributed by atoms with Crippen molar-refractivity contribution >= 4 is 17.6 Å². The van der Waals surface area contributed by atoms with Gasteiger partial charge in [-0.1, -0.05) is 0 Å². The molecule has 0 aromatic heterocycles. The Labute approximate surface area is 110 Å². The fourth-order valence-corrected chi connectivity index (χ4v) is 2.04. The molecule has 1 aromatic rings. The quantitative estimate of drug-likeness (QED) is 0.623. The van der Waals surface area contributed by atoms with Gasteiger partial charge in [-0.05, 0) is 36.6 Å². The lowest BCUT2D eigenvalue weighted by atomic mass is 10.0. The van der Waals surface area contributed by atoms with Crippen molar-refractivity contribution < 1.29 is 19.8 Å². The number of fused-ring (bicyclic) bond motifs is 1. The number of hydrogen-bond donors (Lipinski definition) is 4. The van der Waals surface area contributed by atoms with Crippen LogP contribution in [0.3, 0.4) is 0 Å². The third-order valence-corrected chi connectivity index (χ3v) is 3.09. The van der Waals surface area contributed by atoms with Gasteiger partial charge in [0.15, 0.2) is 6.04 Å². The molecule has 1 aliphatic rings. The van der Waals surface area contributed by atoms with E-state index in [1.54, 1.807) is 12.1 Å². The molecule has 2 rings (SSSR count). The first-order valence-corrected chi connectivity index (χ1v) is 6.13. The van der Waals surface area contributed by atoms with E-state index in [0.717, 1.165) is 30.6 Å². The fraction of sp³-hybridized carbons (Fsp3) is 0.385. The third-order valence-electron chi connectivity index (χ3n) is 3.09. The number of aryl methyl sites for hydroxylation is 1. The van der Waals surface area contributed by atoms with E-state index in [4.69, 9.17) is 10.2 Å². The maximum atomic E-state index is 11.9. The van der Waals surface area contributed by atoms with Gasteiger partial charge in [0.05, 0.1) is 6.61 Å². The first-order chi connectivity index (χ1) is 9.11. The predicted molar refractivity (Wildman–Crippen MR) is 69.2 cm³/mol. The molecule has 1 amide bonds. The molecule has 1 aliphatic heterocycles. The van der Waals surface area contributed by atoms with Crippen molar-refractivity contribution in [3.8, 4) is 0 Å². The molecular formula is C13H16N2O4. The second-order valence-electron chi connectivity index (χ2n) is 4.45. The molecule has 0 saturated carbocycles. The maximum Gasteiger partial charge on any atom is 0.328 e. The number of amides is 1. The number of rotatable bonds is 4. The van der Waals surface area contributed by atoms with Crippen LogP contribution in [0.5, 0.6) is 0 Å². The number of carbonyl (C=O) groups excluding carboxylic acids is 1. The fourth-order valence-electron chi connectivity index (χ4n) is 2.04. The second-order valence-corrected chi connectivity index (χ2v) is 4.45. The van der Waals surface area contributed by atoms with Gasteiger partial charge in [-0.15, -0.1) is 0 Å².